The molecule has 1 aliphatic carbocycles. The summed E-state index contributed by atoms with van der Waals surface area (Å²) in [6, 6.07) is 9.67. The zero-order chi connectivity index (χ0) is 13.0. The molecule has 1 saturated carbocycles. The number of nitrogens with zero attached hydrogens (tertiary/aromatic N) is 1. The number of nitriles is 1. The van der Waals surface area contributed by atoms with Crippen molar-refractivity contribution >= 4 is 0 Å². The van der Waals surface area contributed by atoms with Crippen LogP contribution in [0.1, 0.15) is 18.4 Å². The van der Waals surface area contributed by atoms with Crippen LogP contribution in [0.25, 0.3) is 0 Å². The van der Waals surface area contributed by atoms with Gasteiger partial charge in [-0.15, -0.1) is 0 Å². The minimum absolute atomic E-state index is 0.141. The lowest BCUT2D eigenvalue weighted by Gasteiger charge is -2.21. The van der Waals surface area contributed by atoms with Crippen molar-refractivity contribution in [1.82, 2.24) is 0 Å². The number of aliphatic hydroxyl groups is 1. The summed E-state index contributed by atoms with van der Waals surface area (Å²) in [5.41, 5.74) is 6.21. The zero-order valence-electron chi connectivity index (χ0n) is 10.3. The van der Waals surface area contributed by atoms with Crippen LogP contribution in [-0.2, 0) is 6.42 Å². The lowest BCUT2D eigenvalue weighted by Crippen LogP contribution is -2.46. The lowest BCUT2D eigenvalue weighted by atomic mass is 9.98. The fraction of sp³-hybridized carbons (Fsp3) is 0.500. The van der Waals surface area contributed by atoms with Crippen LogP contribution in [0.5, 0.6) is 5.75 Å². The molecule has 1 unspecified atom stereocenters. The molecule has 1 aliphatic rings. The molecule has 1 fully saturated rings. The molecule has 0 heterocycles. The predicted octanol–water partition coefficient (Wildman–Crippen LogP) is 1.23. The molecule has 4 nitrogen and oxygen atoms in total. The van der Waals surface area contributed by atoms with Crippen LogP contribution in [0, 0.1) is 17.2 Å². The summed E-state index contributed by atoms with van der Waals surface area (Å²) in [6.45, 7) is 0.371. The molecule has 1 aromatic carbocycles. The van der Waals surface area contributed by atoms with Gasteiger partial charge in [0, 0.05) is 6.61 Å². The third kappa shape index (κ3) is 3.00. The first-order chi connectivity index (χ1) is 8.68. The summed E-state index contributed by atoms with van der Waals surface area (Å²) < 4.78 is 5.59. The molecule has 0 aliphatic heterocycles. The maximum absolute atomic E-state index is 9.11. The largest absolute Gasteiger partial charge is 0.491 e. The zero-order valence-corrected chi connectivity index (χ0v) is 10.3. The van der Waals surface area contributed by atoms with Gasteiger partial charge >= 0.3 is 0 Å². The number of nitrogens with two attached hydrogens (primary N) is 1. The van der Waals surface area contributed by atoms with Crippen molar-refractivity contribution in [3.05, 3.63) is 29.8 Å². The van der Waals surface area contributed by atoms with Gasteiger partial charge in [-0.2, -0.15) is 5.26 Å². The van der Waals surface area contributed by atoms with E-state index in [1.807, 2.05) is 24.3 Å². The van der Waals surface area contributed by atoms with Crippen LogP contribution < -0.4 is 10.5 Å². The smallest absolute Gasteiger partial charge is 0.141 e. The average molecular weight is 246 g/mol. The molecule has 2 rings (SSSR count). The van der Waals surface area contributed by atoms with Crippen molar-refractivity contribution in [3.8, 4) is 11.8 Å². The number of hydrogen-bond acceptors (Lipinski definition) is 4. The molecule has 0 bridgehead atoms. The summed E-state index contributed by atoms with van der Waals surface area (Å²) in [7, 11) is 0. The Morgan fingerprint density at radius 2 is 2.06 bits per heavy atom. The SMILES string of the molecule is N#CC(N)(COc1ccc(CCO)cc1)C1CC1. The lowest BCUT2D eigenvalue weighted by molar-refractivity contribution is 0.237. The van der Waals surface area contributed by atoms with Crippen molar-refractivity contribution in [1.29, 1.82) is 5.26 Å². The van der Waals surface area contributed by atoms with Gasteiger partial charge in [0.05, 0.1) is 6.07 Å². The van der Waals surface area contributed by atoms with E-state index in [4.69, 9.17) is 20.8 Å². The van der Waals surface area contributed by atoms with Crippen molar-refractivity contribution in [2.24, 2.45) is 11.7 Å². The first kappa shape index (κ1) is 12.9. The van der Waals surface area contributed by atoms with Crippen LogP contribution in [0.2, 0.25) is 0 Å². The first-order valence-electron chi connectivity index (χ1n) is 6.20. The molecule has 0 radical (unpaired) electrons. The summed E-state index contributed by atoms with van der Waals surface area (Å²) >= 11 is 0. The van der Waals surface area contributed by atoms with E-state index in [9.17, 15) is 0 Å². The van der Waals surface area contributed by atoms with E-state index in [0.717, 1.165) is 18.4 Å². The van der Waals surface area contributed by atoms with Gasteiger partial charge in [0.1, 0.15) is 17.9 Å². The minimum Gasteiger partial charge on any atom is -0.491 e. The predicted molar refractivity (Wildman–Crippen MR) is 68.0 cm³/mol. The topological polar surface area (TPSA) is 79.3 Å². The number of aliphatic hydroxyl groups excluding tert-OH is 1. The number of benzene rings is 1. The van der Waals surface area contributed by atoms with Gasteiger partial charge in [-0.3, -0.25) is 0 Å². The van der Waals surface area contributed by atoms with Crippen LogP contribution >= 0.6 is 0 Å². The van der Waals surface area contributed by atoms with Crippen LogP contribution in [-0.4, -0.2) is 23.9 Å². The van der Waals surface area contributed by atoms with Crippen molar-refractivity contribution in [3.63, 3.8) is 0 Å². The van der Waals surface area contributed by atoms with E-state index in [0.29, 0.717) is 12.2 Å². The maximum Gasteiger partial charge on any atom is 0.141 e. The second kappa shape index (κ2) is 5.38. The molecule has 96 valence electrons. The highest BCUT2D eigenvalue weighted by Crippen LogP contribution is 2.38. The molecule has 0 aromatic heterocycles. The molecule has 1 atom stereocenters. The summed E-state index contributed by atoms with van der Waals surface area (Å²) in [4.78, 5) is 0. The average Bonchev–Trinajstić information content (AvgIpc) is 3.23. The van der Waals surface area contributed by atoms with Gasteiger partial charge < -0.3 is 15.6 Å². The Morgan fingerprint density at radius 3 is 2.56 bits per heavy atom. The monoisotopic (exact) mass is 246 g/mol. The Balaban J connectivity index is 1.91. The van der Waals surface area contributed by atoms with Crippen LogP contribution in [0.4, 0.5) is 0 Å². The van der Waals surface area contributed by atoms with E-state index in [1.54, 1.807) is 0 Å². The molecule has 0 saturated heterocycles. The highest BCUT2D eigenvalue weighted by molar-refractivity contribution is 5.28. The molecule has 18 heavy (non-hydrogen) atoms. The standard InChI is InChI=1S/C14H18N2O2/c15-9-14(16,12-3-4-12)10-18-13-5-1-11(2-6-13)7-8-17/h1-2,5-6,12,17H,3-4,7-8,10,16H2. The van der Waals surface area contributed by atoms with Gasteiger partial charge in [0.2, 0.25) is 0 Å². The van der Waals surface area contributed by atoms with Gasteiger partial charge in [-0.05, 0) is 42.9 Å². The Bertz CT molecular complexity index is 434. The molecule has 0 spiro atoms. The molecule has 3 N–H and O–H groups in total. The van der Waals surface area contributed by atoms with E-state index in [2.05, 4.69) is 6.07 Å². The third-order valence-corrected chi connectivity index (χ3v) is 3.32. The Morgan fingerprint density at radius 1 is 1.39 bits per heavy atom. The molecule has 1 aromatic rings. The highest BCUT2D eigenvalue weighted by atomic mass is 16.5. The van der Waals surface area contributed by atoms with Gasteiger partial charge in [-0.1, -0.05) is 12.1 Å². The number of hydrogen-bond donors (Lipinski definition) is 2. The first-order valence-corrected chi connectivity index (χ1v) is 6.20. The minimum atomic E-state index is -0.857. The maximum atomic E-state index is 9.11. The number of rotatable bonds is 6. The quantitative estimate of drug-likeness (QED) is 0.791. The van der Waals surface area contributed by atoms with Crippen molar-refractivity contribution < 1.29 is 9.84 Å². The van der Waals surface area contributed by atoms with Crippen LogP contribution in [0.3, 0.4) is 0 Å². The summed E-state index contributed by atoms with van der Waals surface area (Å²) in [5.74, 6) is 0.985. The van der Waals surface area contributed by atoms with Gasteiger partial charge in [-0.25, -0.2) is 0 Å². The summed E-state index contributed by atoms with van der Waals surface area (Å²) in [5, 5.41) is 17.9. The van der Waals surface area contributed by atoms with E-state index >= 15 is 0 Å². The van der Waals surface area contributed by atoms with Gasteiger partial charge in [0.15, 0.2) is 0 Å². The van der Waals surface area contributed by atoms with E-state index < -0.39 is 5.54 Å². The second-order valence-electron chi connectivity index (χ2n) is 4.83. The Kier molecular flexibility index (Phi) is 3.85. The molecular formula is C14H18N2O2. The van der Waals surface area contributed by atoms with Crippen molar-refractivity contribution in [2.75, 3.05) is 13.2 Å². The van der Waals surface area contributed by atoms with Crippen molar-refractivity contribution in [2.45, 2.75) is 24.8 Å². The van der Waals surface area contributed by atoms with Crippen LogP contribution in [0.15, 0.2) is 24.3 Å². The molecular weight excluding hydrogens is 228 g/mol. The fourth-order valence-electron chi connectivity index (χ4n) is 1.92. The Labute approximate surface area is 107 Å². The molecule has 4 heteroatoms. The highest BCUT2D eigenvalue weighted by Gasteiger charge is 2.43. The normalized spacial score (nSPS) is 17.8. The second-order valence-corrected chi connectivity index (χ2v) is 4.83. The number of ether oxygens (including phenoxy) is 1. The van der Waals surface area contributed by atoms with E-state index in [-0.39, 0.29) is 19.1 Å². The fourth-order valence-corrected chi connectivity index (χ4v) is 1.92. The Hall–Kier alpha value is -1.57. The van der Waals surface area contributed by atoms with E-state index in [1.165, 1.54) is 0 Å². The van der Waals surface area contributed by atoms with Gasteiger partial charge in [0.25, 0.3) is 0 Å². The third-order valence-electron chi connectivity index (χ3n) is 3.32. The summed E-state index contributed by atoms with van der Waals surface area (Å²) in [6.07, 6.45) is 2.67. The molecule has 0 amide bonds.